The fraction of sp³-hybridized carbons (Fsp3) is 0.118. The summed E-state index contributed by atoms with van der Waals surface area (Å²) >= 11 is 0. The molecule has 0 aliphatic rings. The smallest absolute Gasteiger partial charge is 0.204 e. The van der Waals surface area contributed by atoms with E-state index >= 15 is 0 Å². The van der Waals surface area contributed by atoms with Crippen LogP contribution in [0.2, 0.25) is 0 Å². The SMILES string of the molecule is Cc1ccc(Nc2nc3ccccc3n3c(C)nnc23)cc1. The molecule has 22 heavy (non-hydrogen) atoms. The molecule has 4 aromatic rings. The van der Waals surface area contributed by atoms with Gasteiger partial charge in [-0.2, -0.15) is 0 Å². The molecule has 4 rings (SSSR count). The number of hydrogen-bond acceptors (Lipinski definition) is 4. The van der Waals surface area contributed by atoms with Crippen LogP contribution in [-0.2, 0) is 0 Å². The van der Waals surface area contributed by atoms with Gasteiger partial charge >= 0.3 is 0 Å². The summed E-state index contributed by atoms with van der Waals surface area (Å²) in [6, 6.07) is 16.2. The monoisotopic (exact) mass is 289 g/mol. The lowest BCUT2D eigenvalue weighted by molar-refractivity contribution is 1.02. The van der Waals surface area contributed by atoms with Crippen molar-refractivity contribution in [1.29, 1.82) is 0 Å². The Balaban J connectivity index is 1.94. The van der Waals surface area contributed by atoms with Crippen LogP contribution in [0.4, 0.5) is 11.5 Å². The second-order valence-electron chi connectivity index (χ2n) is 5.35. The van der Waals surface area contributed by atoms with Gasteiger partial charge in [-0.15, -0.1) is 10.2 Å². The topological polar surface area (TPSA) is 55.1 Å². The van der Waals surface area contributed by atoms with Crippen molar-refractivity contribution in [3.63, 3.8) is 0 Å². The van der Waals surface area contributed by atoms with Crippen LogP contribution < -0.4 is 5.32 Å². The molecule has 0 amide bonds. The minimum Gasteiger partial charge on any atom is -0.337 e. The lowest BCUT2D eigenvalue weighted by Gasteiger charge is -2.09. The maximum Gasteiger partial charge on any atom is 0.204 e. The number of anilines is 2. The average Bonchev–Trinajstić information content (AvgIpc) is 2.92. The summed E-state index contributed by atoms with van der Waals surface area (Å²) in [5, 5.41) is 11.8. The lowest BCUT2D eigenvalue weighted by Crippen LogP contribution is -2.01. The average molecular weight is 289 g/mol. The number of rotatable bonds is 2. The van der Waals surface area contributed by atoms with Gasteiger partial charge in [0.1, 0.15) is 5.82 Å². The highest BCUT2D eigenvalue weighted by molar-refractivity contribution is 5.84. The van der Waals surface area contributed by atoms with E-state index in [1.807, 2.05) is 47.7 Å². The highest BCUT2D eigenvalue weighted by Gasteiger charge is 2.12. The number of benzene rings is 2. The molecule has 0 unspecified atom stereocenters. The third-order valence-corrected chi connectivity index (χ3v) is 3.71. The minimum absolute atomic E-state index is 0.711. The zero-order valence-electron chi connectivity index (χ0n) is 12.4. The van der Waals surface area contributed by atoms with Gasteiger partial charge in [-0.3, -0.25) is 4.40 Å². The molecule has 1 N–H and O–H groups in total. The van der Waals surface area contributed by atoms with Crippen LogP contribution in [0.5, 0.6) is 0 Å². The second kappa shape index (κ2) is 4.80. The van der Waals surface area contributed by atoms with Gasteiger partial charge in [0.05, 0.1) is 11.0 Å². The molecule has 2 heterocycles. The second-order valence-corrected chi connectivity index (χ2v) is 5.35. The molecule has 0 aliphatic heterocycles. The number of nitrogens with zero attached hydrogens (tertiary/aromatic N) is 4. The summed E-state index contributed by atoms with van der Waals surface area (Å²) < 4.78 is 2.03. The Morgan fingerprint density at radius 2 is 1.68 bits per heavy atom. The van der Waals surface area contributed by atoms with Gasteiger partial charge in [-0.25, -0.2) is 4.98 Å². The summed E-state index contributed by atoms with van der Waals surface area (Å²) in [5.74, 6) is 1.56. The van der Waals surface area contributed by atoms with Gasteiger partial charge in [0.15, 0.2) is 5.82 Å². The maximum atomic E-state index is 4.70. The first kappa shape index (κ1) is 12.8. The van der Waals surface area contributed by atoms with Crippen LogP contribution in [-0.4, -0.2) is 19.6 Å². The van der Waals surface area contributed by atoms with Crippen molar-refractivity contribution in [3.8, 4) is 0 Å². The molecule has 5 nitrogen and oxygen atoms in total. The highest BCUT2D eigenvalue weighted by atomic mass is 15.3. The fourth-order valence-corrected chi connectivity index (χ4v) is 2.58. The molecule has 5 heteroatoms. The van der Waals surface area contributed by atoms with E-state index in [0.29, 0.717) is 5.82 Å². The van der Waals surface area contributed by atoms with Crippen LogP contribution in [0.1, 0.15) is 11.4 Å². The van der Waals surface area contributed by atoms with Crippen LogP contribution in [0.15, 0.2) is 48.5 Å². The van der Waals surface area contributed by atoms with Gasteiger partial charge in [0.2, 0.25) is 5.65 Å². The number of fused-ring (bicyclic) bond motifs is 3. The fourth-order valence-electron chi connectivity index (χ4n) is 2.58. The lowest BCUT2D eigenvalue weighted by atomic mass is 10.2. The van der Waals surface area contributed by atoms with Gasteiger partial charge < -0.3 is 5.32 Å². The molecule has 0 saturated heterocycles. The Hall–Kier alpha value is -2.95. The first-order chi connectivity index (χ1) is 10.7. The van der Waals surface area contributed by atoms with Crippen LogP contribution in [0.25, 0.3) is 16.7 Å². The van der Waals surface area contributed by atoms with Crippen LogP contribution in [0, 0.1) is 13.8 Å². The first-order valence-electron chi connectivity index (χ1n) is 7.16. The van der Waals surface area contributed by atoms with E-state index in [-0.39, 0.29) is 0 Å². The molecule has 0 saturated carbocycles. The number of aromatic nitrogens is 4. The van der Waals surface area contributed by atoms with E-state index in [9.17, 15) is 0 Å². The van der Waals surface area contributed by atoms with Crippen LogP contribution in [0.3, 0.4) is 0 Å². The highest BCUT2D eigenvalue weighted by Crippen LogP contribution is 2.24. The van der Waals surface area contributed by atoms with Gasteiger partial charge in [0, 0.05) is 5.69 Å². The number of para-hydroxylation sites is 2. The first-order valence-corrected chi connectivity index (χ1v) is 7.16. The number of aryl methyl sites for hydroxylation is 2. The van der Waals surface area contributed by atoms with Crippen molar-refractivity contribution in [2.24, 2.45) is 0 Å². The summed E-state index contributed by atoms with van der Waals surface area (Å²) in [5.41, 5.74) is 4.86. The molecule has 0 fully saturated rings. The molecule has 0 atom stereocenters. The summed E-state index contributed by atoms with van der Waals surface area (Å²) in [6.07, 6.45) is 0. The van der Waals surface area contributed by atoms with Crippen molar-refractivity contribution in [2.75, 3.05) is 5.32 Å². The molecule has 0 radical (unpaired) electrons. The number of nitrogens with one attached hydrogen (secondary N) is 1. The zero-order valence-corrected chi connectivity index (χ0v) is 12.4. The molecule has 0 aliphatic carbocycles. The predicted molar refractivity (Wildman–Crippen MR) is 87.5 cm³/mol. The van der Waals surface area contributed by atoms with Gasteiger partial charge in [0.25, 0.3) is 0 Å². The third kappa shape index (κ3) is 1.98. The Kier molecular flexibility index (Phi) is 2.79. The van der Waals surface area contributed by atoms with E-state index in [1.165, 1.54) is 5.56 Å². The normalized spacial score (nSPS) is 11.2. The Labute approximate surface area is 127 Å². The minimum atomic E-state index is 0.711. The van der Waals surface area contributed by atoms with Gasteiger partial charge in [-0.05, 0) is 38.1 Å². The molecule has 0 spiro atoms. The quantitative estimate of drug-likeness (QED) is 0.612. The standard InChI is InChI=1S/C17H15N5/c1-11-7-9-13(10-8-11)18-16-17-21-20-12(2)22(17)15-6-4-3-5-14(15)19-16/h3-10H,1-2H3,(H,18,19). The van der Waals surface area contributed by atoms with E-state index in [1.54, 1.807) is 0 Å². The zero-order chi connectivity index (χ0) is 15.1. The summed E-state index contributed by atoms with van der Waals surface area (Å²) in [4.78, 5) is 4.70. The molecule has 2 aromatic heterocycles. The summed E-state index contributed by atoms with van der Waals surface area (Å²) in [7, 11) is 0. The Morgan fingerprint density at radius 1 is 0.909 bits per heavy atom. The predicted octanol–water partition coefficient (Wildman–Crippen LogP) is 3.64. The van der Waals surface area contributed by atoms with Gasteiger partial charge in [-0.1, -0.05) is 29.8 Å². The molecular formula is C17H15N5. The van der Waals surface area contributed by atoms with Crippen molar-refractivity contribution in [3.05, 3.63) is 59.9 Å². The Bertz CT molecular complexity index is 970. The van der Waals surface area contributed by atoms with Crippen molar-refractivity contribution in [1.82, 2.24) is 19.6 Å². The van der Waals surface area contributed by atoms with Crippen molar-refractivity contribution in [2.45, 2.75) is 13.8 Å². The molecule has 0 bridgehead atoms. The van der Waals surface area contributed by atoms with Crippen LogP contribution >= 0.6 is 0 Å². The van der Waals surface area contributed by atoms with Crippen molar-refractivity contribution >= 4 is 28.2 Å². The molecular weight excluding hydrogens is 274 g/mol. The molecule has 2 aromatic carbocycles. The van der Waals surface area contributed by atoms with Crippen molar-refractivity contribution < 1.29 is 0 Å². The number of hydrogen-bond donors (Lipinski definition) is 1. The van der Waals surface area contributed by atoms with E-state index in [4.69, 9.17) is 4.98 Å². The Morgan fingerprint density at radius 3 is 2.50 bits per heavy atom. The largest absolute Gasteiger partial charge is 0.337 e. The third-order valence-electron chi connectivity index (χ3n) is 3.71. The van der Waals surface area contributed by atoms with E-state index < -0.39 is 0 Å². The van der Waals surface area contributed by atoms with E-state index in [2.05, 4.69) is 34.6 Å². The van der Waals surface area contributed by atoms with E-state index in [0.717, 1.165) is 28.2 Å². The summed E-state index contributed by atoms with van der Waals surface area (Å²) in [6.45, 7) is 4.01. The molecule has 108 valence electrons. The maximum absolute atomic E-state index is 4.70.